The van der Waals surface area contributed by atoms with E-state index in [4.69, 9.17) is 0 Å². The topological polar surface area (TPSA) is 0 Å². The van der Waals surface area contributed by atoms with Gasteiger partial charge in [-0.1, -0.05) is 54.6 Å². The lowest BCUT2D eigenvalue weighted by Crippen LogP contribution is -1.92. The summed E-state index contributed by atoms with van der Waals surface area (Å²) in [6, 6.07) is 15.1. The van der Waals surface area contributed by atoms with E-state index in [9.17, 15) is 0 Å². The van der Waals surface area contributed by atoms with Gasteiger partial charge in [-0.2, -0.15) is 0 Å². The van der Waals surface area contributed by atoms with E-state index in [0.29, 0.717) is 0 Å². The van der Waals surface area contributed by atoms with E-state index < -0.39 is 0 Å². The third kappa shape index (κ3) is 1.38. The Balaban J connectivity index is 2.26. The van der Waals surface area contributed by atoms with E-state index in [1.165, 1.54) is 27.8 Å². The van der Waals surface area contributed by atoms with E-state index in [1.54, 1.807) is 0 Å². The second kappa shape index (κ2) is 3.64. The number of aryl methyl sites for hydroxylation is 1. The standard InChI is InChI=1S/C16H14/c1-12-10-11-13-8-5-9-15(13)16(12)14-6-3-2-4-7-14/h2-8,10-11H,9H2,1H3. The lowest BCUT2D eigenvalue weighted by atomic mass is 9.92. The minimum Gasteiger partial charge on any atom is -0.0795 e. The van der Waals surface area contributed by atoms with Gasteiger partial charge < -0.3 is 0 Å². The summed E-state index contributed by atoms with van der Waals surface area (Å²) in [5, 5.41) is 0. The number of hydrogen-bond donors (Lipinski definition) is 0. The van der Waals surface area contributed by atoms with Gasteiger partial charge in [-0.05, 0) is 41.2 Å². The lowest BCUT2D eigenvalue weighted by molar-refractivity contribution is 1.28. The van der Waals surface area contributed by atoms with Crippen molar-refractivity contribution in [1.82, 2.24) is 0 Å². The Kier molecular flexibility index (Phi) is 2.14. The first-order valence-corrected chi connectivity index (χ1v) is 5.71. The maximum Gasteiger partial charge on any atom is -0.00819 e. The van der Waals surface area contributed by atoms with Gasteiger partial charge in [-0.15, -0.1) is 0 Å². The Hall–Kier alpha value is -1.82. The Bertz CT molecular complexity index is 548. The second-order valence-corrected chi connectivity index (χ2v) is 4.30. The van der Waals surface area contributed by atoms with Crippen molar-refractivity contribution < 1.29 is 0 Å². The zero-order valence-corrected chi connectivity index (χ0v) is 9.40. The Morgan fingerprint density at radius 1 is 0.938 bits per heavy atom. The predicted molar refractivity (Wildman–Crippen MR) is 69.4 cm³/mol. The Morgan fingerprint density at radius 3 is 2.56 bits per heavy atom. The maximum absolute atomic E-state index is 2.25. The number of fused-ring (bicyclic) bond motifs is 1. The molecule has 2 aromatic rings. The molecule has 0 aromatic heterocycles. The molecule has 2 aromatic carbocycles. The largest absolute Gasteiger partial charge is 0.0795 e. The van der Waals surface area contributed by atoms with Gasteiger partial charge in [0.1, 0.15) is 0 Å². The van der Waals surface area contributed by atoms with Gasteiger partial charge in [0.05, 0.1) is 0 Å². The molecule has 0 bridgehead atoms. The van der Waals surface area contributed by atoms with Crippen LogP contribution in [0.25, 0.3) is 17.2 Å². The first kappa shape index (κ1) is 9.41. The van der Waals surface area contributed by atoms with Crippen molar-refractivity contribution in [2.75, 3.05) is 0 Å². The maximum atomic E-state index is 2.25. The fourth-order valence-corrected chi connectivity index (χ4v) is 2.47. The van der Waals surface area contributed by atoms with Crippen molar-refractivity contribution in [2.45, 2.75) is 13.3 Å². The van der Waals surface area contributed by atoms with Gasteiger partial charge in [0.15, 0.2) is 0 Å². The number of rotatable bonds is 1. The molecule has 0 radical (unpaired) electrons. The fourth-order valence-electron chi connectivity index (χ4n) is 2.47. The van der Waals surface area contributed by atoms with Crippen molar-refractivity contribution in [3.63, 3.8) is 0 Å². The van der Waals surface area contributed by atoms with Crippen LogP contribution in [-0.4, -0.2) is 0 Å². The summed E-state index contributed by atoms with van der Waals surface area (Å²) in [6.45, 7) is 2.20. The molecule has 0 saturated carbocycles. The summed E-state index contributed by atoms with van der Waals surface area (Å²) in [7, 11) is 0. The van der Waals surface area contributed by atoms with Crippen LogP contribution in [0.4, 0.5) is 0 Å². The Morgan fingerprint density at radius 2 is 1.75 bits per heavy atom. The summed E-state index contributed by atoms with van der Waals surface area (Å²) in [4.78, 5) is 0. The normalized spacial score (nSPS) is 12.8. The molecule has 0 saturated heterocycles. The number of benzene rings is 2. The predicted octanol–water partition coefficient (Wildman–Crippen LogP) is 4.23. The highest BCUT2D eigenvalue weighted by molar-refractivity contribution is 5.78. The first-order chi connectivity index (χ1) is 7.86. The molecule has 0 heterocycles. The minimum absolute atomic E-state index is 1.07. The van der Waals surface area contributed by atoms with Gasteiger partial charge in [0.2, 0.25) is 0 Å². The van der Waals surface area contributed by atoms with Crippen LogP contribution < -0.4 is 0 Å². The molecule has 0 atom stereocenters. The van der Waals surface area contributed by atoms with Crippen LogP contribution >= 0.6 is 0 Å². The summed E-state index contributed by atoms with van der Waals surface area (Å²) in [6.07, 6.45) is 5.54. The van der Waals surface area contributed by atoms with Gasteiger partial charge >= 0.3 is 0 Å². The average Bonchev–Trinajstić information content (AvgIpc) is 2.78. The number of hydrogen-bond acceptors (Lipinski definition) is 0. The highest BCUT2D eigenvalue weighted by Crippen LogP contribution is 2.33. The summed E-state index contributed by atoms with van der Waals surface area (Å²) in [5.41, 5.74) is 6.98. The van der Waals surface area contributed by atoms with Crippen molar-refractivity contribution in [3.05, 3.63) is 65.2 Å². The molecule has 78 valence electrons. The van der Waals surface area contributed by atoms with Crippen LogP contribution in [0.15, 0.2) is 48.5 Å². The monoisotopic (exact) mass is 206 g/mol. The van der Waals surface area contributed by atoms with Crippen molar-refractivity contribution in [2.24, 2.45) is 0 Å². The zero-order chi connectivity index (χ0) is 11.0. The molecule has 0 spiro atoms. The van der Waals surface area contributed by atoms with E-state index in [-0.39, 0.29) is 0 Å². The SMILES string of the molecule is Cc1ccc2c(c1-c1ccccc1)CC=C2. The van der Waals surface area contributed by atoms with Crippen molar-refractivity contribution >= 4 is 6.08 Å². The van der Waals surface area contributed by atoms with Crippen LogP contribution in [0, 0.1) is 6.92 Å². The highest BCUT2D eigenvalue weighted by Gasteiger charge is 2.13. The van der Waals surface area contributed by atoms with Gasteiger partial charge in [0.25, 0.3) is 0 Å². The molecule has 0 aliphatic heterocycles. The smallest absolute Gasteiger partial charge is 0.00819 e. The number of allylic oxidation sites excluding steroid dienone is 1. The zero-order valence-electron chi connectivity index (χ0n) is 9.40. The van der Waals surface area contributed by atoms with Crippen molar-refractivity contribution in [3.8, 4) is 11.1 Å². The third-order valence-corrected chi connectivity index (χ3v) is 3.24. The third-order valence-electron chi connectivity index (χ3n) is 3.24. The molecule has 0 amide bonds. The second-order valence-electron chi connectivity index (χ2n) is 4.30. The summed E-state index contributed by atoms with van der Waals surface area (Å²) >= 11 is 0. The molecule has 1 aliphatic carbocycles. The van der Waals surface area contributed by atoms with Gasteiger partial charge in [0, 0.05) is 0 Å². The van der Waals surface area contributed by atoms with E-state index >= 15 is 0 Å². The molecule has 1 aliphatic rings. The quantitative estimate of drug-likeness (QED) is 0.655. The molecule has 3 rings (SSSR count). The fraction of sp³-hybridized carbons (Fsp3) is 0.125. The molecular weight excluding hydrogens is 192 g/mol. The molecule has 0 unspecified atom stereocenters. The molecule has 0 N–H and O–H groups in total. The lowest BCUT2D eigenvalue weighted by Gasteiger charge is -2.12. The summed E-state index contributed by atoms with van der Waals surface area (Å²) in [5.74, 6) is 0. The first-order valence-electron chi connectivity index (χ1n) is 5.71. The minimum atomic E-state index is 1.07. The van der Waals surface area contributed by atoms with Crippen LogP contribution in [0.3, 0.4) is 0 Å². The Labute approximate surface area is 96.3 Å². The van der Waals surface area contributed by atoms with E-state index in [0.717, 1.165) is 6.42 Å². The van der Waals surface area contributed by atoms with Gasteiger partial charge in [-0.3, -0.25) is 0 Å². The van der Waals surface area contributed by atoms with Crippen LogP contribution in [-0.2, 0) is 6.42 Å². The van der Waals surface area contributed by atoms with Crippen LogP contribution in [0.1, 0.15) is 16.7 Å². The van der Waals surface area contributed by atoms with Crippen LogP contribution in [0.5, 0.6) is 0 Å². The molecule has 0 fully saturated rings. The van der Waals surface area contributed by atoms with Crippen molar-refractivity contribution in [1.29, 1.82) is 0 Å². The summed E-state index contributed by atoms with van der Waals surface area (Å²) < 4.78 is 0. The molecular formula is C16H14. The van der Waals surface area contributed by atoms with E-state index in [1.807, 2.05) is 0 Å². The van der Waals surface area contributed by atoms with E-state index in [2.05, 4.69) is 61.5 Å². The van der Waals surface area contributed by atoms with Gasteiger partial charge in [-0.25, -0.2) is 0 Å². The molecule has 0 heteroatoms. The molecule has 0 nitrogen and oxygen atoms in total. The highest BCUT2D eigenvalue weighted by atomic mass is 14.2. The average molecular weight is 206 g/mol. The molecule has 16 heavy (non-hydrogen) atoms. The van der Waals surface area contributed by atoms with Crippen LogP contribution in [0.2, 0.25) is 0 Å².